The van der Waals surface area contributed by atoms with Crippen LogP contribution in [0, 0.1) is 0 Å². The third-order valence-corrected chi connectivity index (χ3v) is 4.56. The molecule has 0 saturated heterocycles. The molecule has 0 unspecified atom stereocenters. The van der Waals surface area contributed by atoms with Crippen molar-refractivity contribution in [3.8, 4) is 17.0 Å². The van der Waals surface area contributed by atoms with Gasteiger partial charge in [0.25, 0.3) is 0 Å². The van der Waals surface area contributed by atoms with E-state index >= 15 is 0 Å². The van der Waals surface area contributed by atoms with Crippen LogP contribution in [0.4, 0.5) is 16.3 Å². The number of aromatic nitrogens is 4. The van der Waals surface area contributed by atoms with E-state index < -0.39 is 11.6 Å². The van der Waals surface area contributed by atoms with Crippen molar-refractivity contribution in [3.05, 3.63) is 24.5 Å². The van der Waals surface area contributed by atoms with Gasteiger partial charge < -0.3 is 15.6 Å². The van der Waals surface area contributed by atoms with E-state index in [1.807, 2.05) is 34.6 Å². The topological polar surface area (TPSA) is 119 Å². The normalized spacial score (nSPS) is 11.8. The van der Waals surface area contributed by atoms with Crippen molar-refractivity contribution < 1.29 is 14.6 Å². The molecule has 1 amide bonds. The number of benzene rings is 1. The fourth-order valence-electron chi connectivity index (χ4n) is 3.32. The van der Waals surface area contributed by atoms with E-state index in [9.17, 15) is 9.90 Å². The second kappa shape index (κ2) is 7.23. The predicted molar refractivity (Wildman–Crippen MR) is 112 cm³/mol. The lowest BCUT2D eigenvalue weighted by Gasteiger charge is -2.34. The van der Waals surface area contributed by atoms with E-state index in [0.717, 1.165) is 5.56 Å². The van der Waals surface area contributed by atoms with Crippen LogP contribution in [0.15, 0.2) is 24.5 Å². The van der Waals surface area contributed by atoms with Crippen LogP contribution in [0.2, 0.25) is 0 Å². The number of carboxylic acid groups (broad SMARTS) is 1. The van der Waals surface area contributed by atoms with Gasteiger partial charge in [-0.05, 0) is 46.8 Å². The summed E-state index contributed by atoms with van der Waals surface area (Å²) in [5.41, 5.74) is 7.93. The molecule has 29 heavy (non-hydrogen) atoms. The quantitative estimate of drug-likeness (QED) is 0.683. The van der Waals surface area contributed by atoms with Gasteiger partial charge in [0.15, 0.2) is 5.65 Å². The minimum Gasteiger partial charge on any atom is -0.495 e. The minimum absolute atomic E-state index is 0.0742. The van der Waals surface area contributed by atoms with Crippen molar-refractivity contribution in [1.29, 1.82) is 0 Å². The summed E-state index contributed by atoms with van der Waals surface area (Å²) in [6.07, 6.45) is 0.357. The van der Waals surface area contributed by atoms with Gasteiger partial charge in [-0.2, -0.15) is 5.10 Å². The van der Waals surface area contributed by atoms with E-state index in [-0.39, 0.29) is 6.04 Å². The Morgan fingerprint density at radius 2 is 1.97 bits per heavy atom. The van der Waals surface area contributed by atoms with Gasteiger partial charge in [-0.1, -0.05) is 6.07 Å². The molecular weight excluding hydrogens is 372 g/mol. The lowest BCUT2D eigenvalue weighted by atomic mass is 10.0. The molecule has 154 valence electrons. The van der Waals surface area contributed by atoms with Crippen molar-refractivity contribution in [2.45, 2.75) is 46.2 Å². The van der Waals surface area contributed by atoms with Crippen LogP contribution in [0.5, 0.6) is 5.75 Å². The van der Waals surface area contributed by atoms with Crippen molar-refractivity contribution in [1.82, 2.24) is 19.7 Å². The highest BCUT2D eigenvalue weighted by molar-refractivity contribution is 5.99. The lowest BCUT2D eigenvalue weighted by molar-refractivity contribution is 0.195. The fourth-order valence-corrected chi connectivity index (χ4v) is 3.32. The summed E-state index contributed by atoms with van der Waals surface area (Å²) >= 11 is 0. The van der Waals surface area contributed by atoms with Gasteiger partial charge in [-0.3, -0.25) is 4.90 Å². The summed E-state index contributed by atoms with van der Waals surface area (Å²) in [5, 5.41) is 15.1. The number of ether oxygens (including phenoxy) is 1. The molecule has 0 aliphatic carbocycles. The smallest absolute Gasteiger partial charge is 0.412 e. The van der Waals surface area contributed by atoms with Crippen molar-refractivity contribution in [2.24, 2.45) is 0 Å². The second-order valence-corrected chi connectivity index (χ2v) is 8.02. The van der Waals surface area contributed by atoms with Gasteiger partial charge in [0.05, 0.1) is 18.2 Å². The predicted octanol–water partition coefficient (Wildman–Crippen LogP) is 3.95. The molecule has 1 aromatic carbocycles. The van der Waals surface area contributed by atoms with Gasteiger partial charge >= 0.3 is 6.09 Å². The Bertz CT molecular complexity index is 1070. The molecule has 3 N–H and O–H groups in total. The molecule has 0 aliphatic heterocycles. The zero-order valence-corrected chi connectivity index (χ0v) is 17.5. The summed E-state index contributed by atoms with van der Waals surface area (Å²) in [6, 6.07) is 5.35. The second-order valence-electron chi connectivity index (χ2n) is 8.02. The number of nitrogen functional groups attached to an aromatic ring is 1. The molecule has 2 aromatic heterocycles. The summed E-state index contributed by atoms with van der Waals surface area (Å²) < 4.78 is 7.32. The Kier molecular flexibility index (Phi) is 5.08. The molecule has 0 spiro atoms. The molecule has 2 heterocycles. The first kappa shape index (κ1) is 20.4. The van der Waals surface area contributed by atoms with Crippen LogP contribution in [0.3, 0.4) is 0 Å². The van der Waals surface area contributed by atoms with Gasteiger partial charge in [-0.25, -0.2) is 19.4 Å². The number of rotatable bonds is 4. The van der Waals surface area contributed by atoms with Crippen LogP contribution in [0.1, 0.15) is 40.7 Å². The van der Waals surface area contributed by atoms with Crippen LogP contribution < -0.4 is 15.4 Å². The van der Waals surface area contributed by atoms with Gasteiger partial charge in [0.2, 0.25) is 0 Å². The average Bonchev–Trinajstić information content (AvgIpc) is 3.02. The number of nitrogens with zero attached hydrogens (tertiary/aromatic N) is 5. The molecular formula is C20H26N6O3. The van der Waals surface area contributed by atoms with Gasteiger partial charge in [-0.15, -0.1) is 0 Å². The van der Waals surface area contributed by atoms with Crippen molar-refractivity contribution in [3.63, 3.8) is 0 Å². The molecule has 0 fully saturated rings. The Balaban J connectivity index is 2.23. The van der Waals surface area contributed by atoms with Gasteiger partial charge in [0, 0.05) is 17.1 Å². The summed E-state index contributed by atoms with van der Waals surface area (Å²) in [4.78, 5) is 21.6. The maximum Gasteiger partial charge on any atom is 0.412 e. The van der Waals surface area contributed by atoms with Crippen LogP contribution in [-0.4, -0.2) is 43.6 Å². The summed E-state index contributed by atoms with van der Waals surface area (Å²) in [6.45, 7) is 9.48. The Labute approximate surface area is 169 Å². The molecule has 0 radical (unpaired) electrons. The third kappa shape index (κ3) is 3.55. The number of nitrogens with two attached hydrogens (primary N) is 1. The fraction of sp³-hybridized carbons (Fsp3) is 0.400. The average molecular weight is 398 g/mol. The zero-order chi connectivity index (χ0) is 21.5. The highest BCUT2D eigenvalue weighted by Crippen LogP contribution is 2.39. The monoisotopic (exact) mass is 398 g/mol. The van der Waals surface area contributed by atoms with Crippen molar-refractivity contribution in [2.75, 3.05) is 17.7 Å². The van der Waals surface area contributed by atoms with E-state index in [2.05, 4.69) is 9.97 Å². The molecule has 3 aromatic rings. The number of methoxy groups -OCH3 is 1. The van der Waals surface area contributed by atoms with Crippen LogP contribution in [0.25, 0.3) is 22.3 Å². The number of amides is 1. The first-order chi connectivity index (χ1) is 13.6. The maximum atomic E-state index is 11.9. The van der Waals surface area contributed by atoms with E-state index in [0.29, 0.717) is 34.0 Å². The summed E-state index contributed by atoms with van der Waals surface area (Å²) in [7, 11) is 1.51. The van der Waals surface area contributed by atoms with Gasteiger partial charge in [0.1, 0.15) is 23.6 Å². The van der Waals surface area contributed by atoms with E-state index in [1.165, 1.54) is 18.3 Å². The molecule has 3 rings (SSSR count). The number of carbonyl (C=O) groups is 1. The zero-order valence-electron chi connectivity index (χ0n) is 17.5. The lowest BCUT2D eigenvalue weighted by Crippen LogP contribution is -2.45. The third-order valence-electron chi connectivity index (χ3n) is 4.56. The standard InChI is InChI=1S/C20H26N6O3/c1-11(2)26-18-15(17(21)22-10-23-18)16(24-26)12-7-8-13(14(9-12)29-6)25(19(27)28)20(3,4)5/h7-11H,1-6H3,(H,27,28)(H2,21,22,23). The van der Waals surface area contributed by atoms with Crippen LogP contribution >= 0.6 is 0 Å². The number of hydrogen-bond acceptors (Lipinski definition) is 6. The Morgan fingerprint density at radius 1 is 1.28 bits per heavy atom. The van der Waals surface area contributed by atoms with Crippen LogP contribution in [-0.2, 0) is 0 Å². The number of hydrogen-bond donors (Lipinski definition) is 2. The molecule has 0 bridgehead atoms. The summed E-state index contributed by atoms with van der Waals surface area (Å²) in [5.74, 6) is 0.754. The largest absolute Gasteiger partial charge is 0.495 e. The number of anilines is 2. The first-order valence-corrected chi connectivity index (χ1v) is 9.26. The molecule has 0 saturated carbocycles. The minimum atomic E-state index is -1.06. The SMILES string of the molecule is COc1cc(-c2nn(C(C)C)c3ncnc(N)c23)ccc1N(C(=O)O)C(C)(C)C. The van der Waals surface area contributed by atoms with E-state index in [1.54, 1.807) is 22.9 Å². The van der Waals surface area contributed by atoms with Crippen molar-refractivity contribution >= 4 is 28.6 Å². The highest BCUT2D eigenvalue weighted by Gasteiger charge is 2.30. The number of fused-ring (bicyclic) bond motifs is 1. The Morgan fingerprint density at radius 3 is 2.52 bits per heavy atom. The molecule has 0 aliphatic rings. The van der Waals surface area contributed by atoms with E-state index in [4.69, 9.17) is 15.6 Å². The molecule has 9 nitrogen and oxygen atoms in total. The Hall–Kier alpha value is -3.36. The first-order valence-electron chi connectivity index (χ1n) is 9.26. The maximum absolute atomic E-state index is 11.9. The molecule has 0 atom stereocenters. The highest BCUT2D eigenvalue weighted by atomic mass is 16.5. The molecule has 9 heteroatoms.